The molecule has 0 aliphatic heterocycles. The van der Waals surface area contributed by atoms with Gasteiger partial charge in [-0.1, -0.05) is 0 Å². The van der Waals surface area contributed by atoms with Gasteiger partial charge in [-0.05, 0) is 34.7 Å². The molecular formula is C14H25N3O3. The maximum Gasteiger partial charge on any atom is 0.328 e. The third kappa shape index (κ3) is 4.61. The number of hydrogen-bond donors (Lipinski definition) is 1. The van der Waals surface area contributed by atoms with Crippen LogP contribution < -0.4 is 0 Å². The lowest BCUT2D eigenvalue weighted by molar-refractivity contribution is -0.148. The largest absolute Gasteiger partial charge is 0.462 e. The average Bonchev–Trinajstić information content (AvgIpc) is 2.56. The third-order valence-electron chi connectivity index (χ3n) is 3.09. The first kappa shape index (κ1) is 16.7. The highest BCUT2D eigenvalue weighted by Gasteiger charge is 2.16. The minimum absolute atomic E-state index is 0.116. The number of carbonyl (C=O) groups is 1. The first-order chi connectivity index (χ1) is 9.35. The highest BCUT2D eigenvalue weighted by Crippen LogP contribution is 2.15. The second kappa shape index (κ2) is 7.40. The number of carbonyl (C=O) groups excluding carboxylic acids is 1. The van der Waals surface area contributed by atoms with Crippen LogP contribution in [0, 0.1) is 13.8 Å². The number of rotatable bonds is 7. The molecule has 0 saturated carbocycles. The molecule has 6 heteroatoms. The Balaban J connectivity index is 2.78. The van der Waals surface area contributed by atoms with E-state index < -0.39 is 0 Å². The zero-order chi connectivity index (χ0) is 15.3. The van der Waals surface area contributed by atoms with Gasteiger partial charge < -0.3 is 9.84 Å². The van der Waals surface area contributed by atoms with Crippen molar-refractivity contribution < 1.29 is 14.6 Å². The van der Waals surface area contributed by atoms with Crippen molar-refractivity contribution in [3.63, 3.8) is 0 Å². The Morgan fingerprint density at radius 3 is 2.65 bits per heavy atom. The molecule has 20 heavy (non-hydrogen) atoms. The molecule has 0 atom stereocenters. The topological polar surface area (TPSA) is 67.6 Å². The van der Waals surface area contributed by atoms with Gasteiger partial charge in [-0.25, -0.2) is 0 Å². The van der Waals surface area contributed by atoms with Gasteiger partial charge in [-0.3, -0.25) is 14.4 Å². The van der Waals surface area contributed by atoms with E-state index in [9.17, 15) is 4.79 Å². The van der Waals surface area contributed by atoms with E-state index in [-0.39, 0.29) is 25.2 Å². The van der Waals surface area contributed by atoms with E-state index in [0.29, 0.717) is 13.1 Å². The molecule has 1 heterocycles. The Morgan fingerprint density at radius 2 is 2.10 bits per heavy atom. The minimum atomic E-state index is -0.277. The molecule has 0 fully saturated rings. The molecule has 0 aliphatic carbocycles. The predicted octanol–water partition coefficient (Wildman–Crippen LogP) is 0.876. The molecule has 1 rings (SSSR count). The molecule has 0 saturated heterocycles. The number of hydrogen-bond acceptors (Lipinski definition) is 5. The van der Waals surface area contributed by atoms with E-state index in [1.807, 2.05) is 39.6 Å². The fraction of sp³-hybridized carbons (Fsp3) is 0.714. The van der Waals surface area contributed by atoms with Gasteiger partial charge in [0.1, 0.15) is 6.54 Å². The van der Waals surface area contributed by atoms with Crippen molar-refractivity contribution in [3.05, 3.63) is 17.0 Å². The lowest BCUT2D eigenvalue weighted by Crippen LogP contribution is -2.22. The van der Waals surface area contributed by atoms with Crippen LogP contribution in [0.5, 0.6) is 0 Å². The second-order valence-electron chi connectivity index (χ2n) is 5.31. The van der Waals surface area contributed by atoms with Gasteiger partial charge in [0.25, 0.3) is 0 Å². The SMILES string of the molecule is Cc1nn(CC(=O)OC(C)C)c(C)c1CN(C)CCO. The zero-order valence-corrected chi connectivity index (χ0v) is 13.0. The van der Waals surface area contributed by atoms with Crippen LogP contribution in [0.3, 0.4) is 0 Å². The first-order valence-electron chi connectivity index (χ1n) is 6.87. The molecule has 114 valence electrons. The normalized spacial score (nSPS) is 11.4. The highest BCUT2D eigenvalue weighted by molar-refractivity contribution is 5.69. The van der Waals surface area contributed by atoms with E-state index in [1.165, 1.54) is 0 Å². The molecule has 0 amide bonds. The summed E-state index contributed by atoms with van der Waals surface area (Å²) >= 11 is 0. The van der Waals surface area contributed by atoms with Gasteiger partial charge in [0.15, 0.2) is 0 Å². The van der Waals surface area contributed by atoms with Gasteiger partial charge in [0.05, 0.1) is 18.4 Å². The number of aromatic nitrogens is 2. The summed E-state index contributed by atoms with van der Waals surface area (Å²) in [7, 11) is 1.94. The minimum Gasteiger partial charge on any atom is -0.462 e. The Morgan fingerprint density at radius 1 is 1.45 bits per heavy atom. The molecule has 0 radical (unpaired) electrons. The smallest absolute Gasteiger partial charge is 0.328 e. The van der Waals surface area contributed by atoms with Gasteiger partial charge in [-0.15, -0.1) is 0 Å². The summed E-state index contributed by atoms with van der Waals surface area (Å²) in [5, 5.41) is 13.3. The molecule has 0 bridgehead atoms. The van der Waals surface area contributed by atoms with Crippen LogP contribution in [0.1, 0.15) is 30.8 Å². The Kier molecular flexibility index (Phi) is 6.16. The van der Waals surface area contributed by atoms with Crippen LogP contribution in [0.4, 0.5) is 0 Å². The van der Waals surface area contributed by atoms with Crippen LogP contribution in [0.15, 0.2) is 0 Å². The number of likely N-dealkylation sites (N-methyl/N-ethyl adjacent to an activating group) is 1. The summed E-state index contributed by atoms with van der Waals surface area (Å²) in [4.78, 5) is 13.7. The molecule has 1 aromatic heterocycles. The fourth-order valence-electron chi connectivity index (χ4n) is 2.06. The average molecular weight is 283 g/mol. The number of ether oxygens (including phenoxy) is 1. The van der Waals surface area contributed by atoms with Crippen LogP contribution in [-0.2, 0) is 22.6 Å². The van der Waals surface area contributed by atoms with Crippen molar-refractivity contribution in [2.45, 2.75) is 46.9 Å². The lowest BCUT2D eigenvalue weighted by Gasteiger charge is -2.15. The van der Waals surface area contributed by atoms with Crippen molar-refractivity contribution in [1.82, 2.24) is 14.7 Å². The number of aliphatic hydroxyl groups is 1. The molecule has 0 unspecified atom stereocenters. The molecular weight excluding hydrogens is 258 g/mol. The first-order valence-corrected chi connectivity index (χ1v) is 6.87. The van der Waals surface area contributed by atoms with Crippen molar-refractivity contribution in [2.24, 2.45) is 0 Å². The zero-order valence-electron chi connectivity index (χ0n) is 13.0. The summed E-state index contributed by atoms with van der Waals surface area (Å²) in [6.45, 7) is 9.11. The van der Waals surface area contributed by atoms with Crippen LogP contribution in [0.2, 0.25) is 0 Å². The van der Waals surface area contributed by atoms with E-state index in [4.69, 9.17) is 9.84 Å². The van der Waals surface area contributed by atoms with Crippen molar-refractivity contribution in [2.75, 3.05) is 20.2 Å². The van der Waals surface area contributed by atoms with Gasteiger partial charge in [0, 0.05) is 24.3 Å². The Bertz CT molecular complexity index is 455. The maximum atomic E-state index is 11.7. The third-order valence-corrected chi connectivity index (χ3v) is 3.09. The van der Waals surface area contributed by atoms with Crippen LogP contribution in [0.25, 0.3) is 0 Å². The molecule has 1 aromatic rings. The molecule has 1 N–H and O–H groups in total. The van der Waals surface area contributed by atoms with Gasteiger partial charge >= 0.3 is 5.97 Å². The van der Waals surface area contributed by atoms with Gasteiger partial charge in [-0.2, -0.15) is 5.10 Å². The summed E-state index contributed by atoms with van der Waals surface area (Å²) in [5.74, 6) is -0.277. The van der Waals surface area contributed by atoms with Crippen LogP contribution in [-0.4, -0.2) is 52.1 Å². The summed E-state index contributed by atoms with van der Waals surface area (Å²) in [6.07, 6.45) is -0.116. The monoisotopic (exact) mass is 283 g/mol. The summed E-state index contributed by atoms with van der Waals surface area (Å²) in [6, 6.07) is 0. The van der Waals surface area contributed by atoms with E-state index in [2.05, 4.69) is 5.10 Å². The molecule has 0 aliphatic rings. The lowest BCUT2D eigenvalue weighted by atomic mass is 10.2. The highest BCUT2D eigenvalue weighted by atomic mass is 16.5. The molecule has 0 spiro atoms. The van der Waals surface area contributed by atoms with Crippen molar-refractivity contribution in [3.8, 4) is 0 Å². The number of aryl methyl sites for hydroxylation is 1. The van der Waals surface area contributed by atoms with Crippen molar-refractivity contribution in [1.29, 1.82) is 0 Å². The van der Waals surface area contributed by atoms with Crippen molar-refractivity contribution >= 4 is 5.97 Å². The van der Waals surface area contributed by atoms with E-state index in [1.54, 1.807) is 4.68 Å². The van der Waals surface area contributed by atoms with E-state index in [0.717, 1.165) is 17.0 Å². The van der Waals surface area contributed by atoms with Crippen LogP contribution >= 0.6 is 0 Å². The Labute approximate surface area is 120 Å². The number of esters is 1. The maximum absolute atomic E-state index is 11.7. The Hall–Kier alpha value is -1.40. The predicted molar refractivity (Wildman–Crippen MR) is 76.3 cm³/mol. The summed E-state index contributed by atoms with van der Waals surface area (Å²) in [5.41, 5.74) is 2.97. The quantitative estimate of drug-likeness (QED) is 0.752. The van der Waals surface area contributed by atoms with E-state index >= 15 is 0 Å². The number of aliphatic hydroxyl groups excluding tert-OH is 1. The molecule has 0 aromatic carbocycles. The van der Waals surface area contributed by atoms with Gasteiger partial charge in [0.2, 0.25) is 0 Å². The second-order valence-corrected chi connectivity index (χ2v) is 5.31. The summed E-state index contributed by atoms with van der Waals surface area (Å²) < 4.78 is 6.82. The number of nitrogens with zero attached hydrogens (tertiary/aromatic N) is 3. The fourth-order valence-corrected chi connectivity index (χ4v) is 2.06. The molecule has 6 nitrogen and oxygen atoms in total. The standard InChI is InChI=1S/C14H25N3O3/c1-10(2)20-14(19)9-17-12(4)13(11(3)15-17)8-16(5)6-7-18/h10,18H,6-9H2,1-5H3.